The molecule has 0 aromatic carbocycles. The maximum Gasteiger partial charge on any atom is 0.0919 e. The van der Waals surface area contributed by atoms with Crippen LogP contribution >= 0.6 is 0 Å². The van der Waals surface area contributed by atoms with Gasteiger partial charge in [0, 0.05) is 12.8 Å². The van der Waals surface area contributed by atoms with Crippen molar-refractivity contribution in [2.45, 2.75) is 54.4 Å². The minimum atomic E-state index is 0.853. The molecule has 0 aliphatic carbocycles. The summed E-state index contributed by atoms with van der Waals surface area (Å²) in [5.41, 5.74) is 5.61. The van der Waals surface area contributed by atoms with Crippen molar-refractivity contribution < 1.29 is 14.2 Å². The molecule has 0 N–H and O–H groups in total. The highest BCUT2D eigenvalue weighted by Gasteiger charge is 2.05. The predicted molar refractivity (Wildman–Crippen MR) is 87.1 cm³/mol. The van der Waals surface area contributed by atoms with E-state index in [1.54, 1.807) is 0 Å². The minimum Gasteiger partial charge on any atom is -0.498 e. The lowest BCUT2D eigenvalue weighted by atomic mass is 10.2. The van der Waals surface area contributed by atoms with Gasteiger partial charge >= 0.3 is 0 Å². The van der Waals surface area contributed by atoms with E-state index in [2.05, 4.69) is 27.7 Å². The molecule has 120 valence electrons. The first-order valence-electron chi connectivity index (χ1n) is 7.73. The molecule has 0 fully saturated rings. The van der Waals surface area contributed by atoms with Crippen molar-refractivity contribution in [2.24, 2.45) is 0 Å². The summed E-state index contributed by atoms with van der Waals surface area (Å²) in [5, 5.41) is 0. The second-order valence-electron chi connectivity index (χ2n) is 5.92. The van der Waals surface area contributed by atoms with Gasteiger partial charge in [-0.15, -0.1) is 0 Å². The summed E-state index contributed by atoms with van der Waals surface area (Å²) in [7, 11) is 0. The summed E-state index contributed by atoms with van der Waals surface area (Å²) in [4.78, 5) is 0. The summed E-state index contributed by atoms with van der Waals surface area (Å²) in [5.74, 6) is 2.25. The standard InChI is InChI=1S/3C6H10O/c1-5-3-7-4-6(5)2;2*1-5-3-4-7-6(5)2/h3*3-4H2,1-2H3. The molecule has 0 aromatic heterocycles. The summed E-state index contributed by atoms with van der Waals surface area (Å²) >= 11 is 0. The van der Waals surface area contributed by atoms with Crippen LogP contribution in [0, 0.1) is 0 Å². The lowest BCUT2D eigenvalue weighted by molar-refractivity contribution is 0.204. The van der Waals surface area contributed by atoms with Crippen LogP contribution in [-0.2, 0) is 14.2 Å². The molecule has 3 nitrogen and oxygen atoms in total. The van der Waals surface area contributed by atoms with Crippen molar-refractivity contribution in [1.29, 1.82) is 0 Å². The largest absolute Gasteiger partial charge is 0.498 e. The fourth-order valence-corrected chi connectivity index (χ4v) is 1.92. The smallest absolute Gasteiger partial charge is 0.0919 e. The van der Waals surface area contributed by atoms with Gasteiger partial charge in [-0.3, -0.25) is 0 Å². The van der Waals surface area contributed by atoms with E-state index in [-0.39, 0.29) is 0 Å². The SMILES string of the molecule is CC1=C(C)COC1.CC1=C(C)OCC1.CC1=C(C)OCC1. The highest BCUT2D eigenvalue weighted by Crippen LogP contribution is 2.16. The maximum absolute atomic E-state index is 5.14. The van der Waals surface area contributed by atoms with Gasteiger partial charge in [-0.1, -0.05) is 0 Å². The Morgan fingerprint density at radius 3 is 1.05 bits per heavy atom. The van der Waals surface area contributed by atoms with Crippen LogP contribution in [0.1, 0.15) is 54.4 Å². The molecule has 3 rings (SSSR count). The van der Waals surface area contributed by atoms with Gasteiger partial charge in [0.15, 0.2) is 0 Å². The molecule has 21 heavy (non-hydrogen) atoms. The fourth-order valence-electron chi connectivity index (χ4n) is 1.92. The van der Waals surface area contributed by atoms with Crippen LogP contribution in [-0.4, -0.2) is 26.4 Å². The van der Waals surface area contributed by atoms with Crippen molar-refractivity contribution in [3.05, 3.63) is 33.8 Å². The van der Waals surface area contributed by atoms with E-state index >= 15 is 0 Å². The molecule has 0 radical (unpaired) electrons. The molecule has 0 unspecified atom stereocenters. The Labute approximate surface area is 129 Å². The predicted octanol–water partition coefficient (Wildman–Crippen LogP) is 4.75. The Morgan fingerprint density at radius 2 is 0.952 bits per heavy atom. The average Bonchev–Trinajstić information content (AvgIpc) is 3.11. The molecule has 0 saturated carbocycles. The zero-order valence-corrected chi connectivity index (χ0v) is 14.5. The van der Waals surface area contributed by atoms with Crippen molar-refractivity contribution in [2.75, 3.05) is 26.4 Å². The van der Waals surface area contributed by atoms with Crippen LogP contribution in [0.3, 0.4) is 0 Å². The number of allylic oxidation sites excluding steroid dienone is 2. The van der Waals surface area contributed by atoms with Crippen LogP contribution < -0.4 is 0 Å². The van der Waals surface area contributed by atoms with Crippen molar-refractivity contribution in [3.63, 3.8) is 0 Å². The number of ether oxygens (including phenoxy) is 3. The third-order valence-electron chi connectivity index (χ3n) is 4.16. The van der Waals surface area contributed by atoms with E-state index < -0.39 is 0 Å². The molecule has 3 aliphatic rings. The first-order chi connectivity index (χ1) is 9.91. The van der Waals surface area contributed by atoms with Crippen LogP contribution in [0.2, 0.25) is 0 Å². The monoisotopic (exact) mass is 294 g/mol. The van der Waals surface area contributed by atoms with E-state index in [4.69, 9.17) is 14.2 Å². The summed E-state index contributed by atoms with van der Waals surface area (Å²) < 4.78 is 15.4. The fraction of sp³-hybridized carbons (Fsp3) is 0.667. The topological polar surface area (TPSA) is 27.7 Å². The minimum absolute atomic E-state index is 0.853. The van der Waals surface area contributed by atoms with Crippen LogP contribution in [0.25, 0.3) is 0 Å². The van der Waals surface area contributed by atoms with Gasteiger partial charge in [0.25, 0.3) is 0 Å². The van der Waals surface area contributed by atoms with Gasteiger partial charge in [-0.25, -0.2) is 0 Å². The maximum atomic E-state index is 5.14. The van der Waals surface area contributed by atoms with Crippen LogP contribution in [0.5, 0.6) is 0 Å². The van der Waals surface area contributed by atoms with Gasteiger partial charge in [0.05, 0.1) is 37.9 Å². The van der Waals surface area contributed by atoms with Crippen molar-refractivity contribution in [3.8, 4) is 0 Å². The Bertz CT molecular complexity index is 339. The van der Waals surface area contributed by atoms with E-state index in [0.717, 1.165) is 50.8 Å². The van der Waals surface area contributed by atoms with Gasteiger partial charge in [-0.2, -0.15) is 0 Å². The van der Waals surface area contributed by atoms with Crippen molar-refractivity contribution >= 4 is 0 Å². The molecule has 0 spiro atoms. The van der Waals surface area contributed by atoms with Gasteiger partial charge < -0.3 is 14.2 Å². The highest BCUT2D eigenvalue weighted by molar-refractivity contribution is 5.13. The Hall–Kier alpha value is -1.22. The molecule has 0 aromatic rings. The third kappa shape index (κ3) is 6.38. The number of rotatable bonds is 0. The molecule has 0 atom stereocenters. The van der Waals surface area contributed by atoms with Crippen LogP contribution in [0.4, 0.5) is 0 Å². The Kier molecular flexibility index (Phi) is 7.58. The zero-order valence-electron chi connectivity index (χ0n) is 14.5. The molecule has 0 saturated heterocycles. The van der Waals surface area contributed by atoms with Crippen LogP contribution in [0.15, 0.2) is 33.8 Å². The zero-order chi connectivity index (χ0) is 15.8. The second-order valence-corrected chi connectivity index (χ2v) is 5.92. The second kappa shape index (κ2) is 8.93. The lowest BCUT2D eigenvalue weighted by Gasteiger charge is -1.91. The first-order valence-corrected chi connectivity index (χ1v) is 7.73. The lowest BCUT2D eigenvalue weighted by Crippen LogP contribution is -1.81. The molecular weight excluding hydrogens is 264 g/mol. The summed E-state index contributed by atoms with van der Waals surface area (Å²) in [6.07, 6.45) is 2.26. The molecular formula is C18H30O3. The molecule has 3 aliphatic heterocycles. The van der Waals surface area contributed by atoms with Gasteiger partial charge in [0.2, 0.25) is 0 Å². The molecule has 3 heterocycles. The summed E-state index contributed by atoms with van der Waals surface area (Å²) in [6, 6.07) is 0. The molecule has 3 heteroatoms. The third-order valence-corrected chi connectivity index (χ3v) is 4.16. The van der Waals surface area contributed by atoms with E-state index in [1.807, 2.05) is 13.8 Å². The number of hydrogen-bond donors (Lipinski definition) is 0. The summed E-state index contributed by atoms with van der Waals surface area (Å²) in [6.45, 7) is 16.0. The molecule has 0 bridgehead atoms. The van der Waals surface area contributed by atoms with Gasteiger partial charge in [-0.05, 0) is 63.8 Å². The van der Waals surface area contributed by atoms with E-state index in [9.17, 15) is 0 Å². The quantitative estimate of drug-likeness (QED) is 0.603. The molecule has 0 amide bonds. The average molecular weight is 294 g/mol. The Morgan fingerprint density at radius 1 is 0.571 bits per heavy atom. The normalized spacial score (nSPS) is 20.7. The van der Waals surface area contributed by atoms with E-state index in [0.29, 0.717) is 0 Å². The number of hydrogen-bond acceptors (Lipinski definition) is 3. The highest BCUT2D eigenvalue weighted by atomic mass is 16.5. The van der Waals surface area contributed by atoms with E-state index in [1.165, 1.54) is 22.3 Å². The Balaban J connectivity index is 0.000000157. The van der Waals surface area contributed by atoms with Crippen molar-refractivity contribution in [1.82, 2.24) is 0 Å². The first kappa shape index (κ1) is 17.8. The van der Waals surface area contributed by atoms with Gasteiger partial charge in [0.1, 0.15) is 0 Å².